The molecule has 3 aromatic carbocycles. The lowest BCUT2D eigenvalue weighted by Crippen LogP contribution is -2.34. The Morgan fingerprint density at radius 1 is 0.818 bits per heavy atom. The van der Waals surface area contributed by atoms with Gasteiger partial charge in [-0.25, -0.2) is 4.39 Å². The van der Waals surface area contributed by atoms with Gasteiger partial charge in [0.25, 0.3) is 0 Å². The van der Waals surface area contributed by atoms with Crippen molar-refractivity contribution in [1.82, 2.24) is 0 Å². The molecule has 3 aliphatic carbocycles. The Morgan fingerprint density at radius 2 is 1.39 bits per heavy atom. The molecule has 0 aromatic heterocycles. The fourth-order valence-electron chi connectivity index (χ4n) is 7.00. The molecule has 4 atom stereocenters. The lowest BCUT2D eigenvalue weighted by atomic mass is 9.82. The third-order valence-corrected chi connectivity index (χ3v) is 10.8. The average Bonchev–Trinajstić information content (AvgIpc) is 3.56. The molecule has 0 heterocycles. The van der Waals surface area contributed by atoms with Crippen molar-refractivity contribution in [3.8, 4) is 5.75 Å². The van der Waals surface area contributed by atoms with Crippen LogP contribution in [0.1, 0.15) is 45.4 Å². The summed E-state index contributed by atoms with van der Waals surface area (Å²) in [6.45, 7) is 2.23. The van der Waals surface area contributed by atoms with E-state index in [-0.39, 0.29) is 22.3 Å². The number of halogens is 1. The van der Waals surface area contributed by atoms with Gasteiger partial charge in [-0.3, -0.25) is 0 Å². The summed E-state index contributed by atoms with van der Waals surface area (Å²) in [7, 11) is -0.304. The van der Waals surface area contributed by atoms with E-state index < -0.39 is 0 Å². The molecule has 0 radical (unpaired) electrons. The highest BCUT2D eigenvalue weighted by atomic mass is 32.2. The fourth-order valence-corrected chi connectivity index (χ4v) is 9.10. The van der Waals surface area contributed by atoms with Crippen LogP contribution in [-0.2, 0) is 10.9 Å². The minimum absolute atomic E-state index is 0.214. The van der Waals surface area contributed by atoms with E-state index in [9.17, 15) is 0 Å². The summed E-state index contributed by atoms with van der Waals surface area (Å²) in [4.78, 5) is 3.57. The van der Waals surface area contributed by atoms with E-state index in [0.29, 0.717) is 5.75 Å². The summed E-state index contributed by atoms with van der Waals surface area (Å²) < 4.78 is 21.8. The summed E-state index contributed by atoms with van der Waals surface area (Å²) >= 11 is 0. The highest BCUT2D eigenvalue weighted by molar-refractivity contribution is 7.97. The van der Waals surface area contributed by atoms with Crippen LogP contribution in [0.2, 0.25) is 0 Å². The minimum atomic E-state index is -0.304. The van der Waals surface area contributed by atoms with Gasteiger partial charge in [0.2, 0.25) is 0 Å². The van der Waals surface area contributed by atoms with Crippen molar-refractivity contribution < 1.29 is 9.13 Å². The summed E-state index contributed by atoms with van der Waals surface area (Å²) in [6, 6.07) is 26.6. The van der Waals surface area contributed by atoms with Crippen molar-refractivity contribution in [1.29, 1.82) is 0 Å². The average molecular weight is 460 g/mol. The van der Waals surface area contributed by atoms with Gasteiger partial charge < -0.3 is 4.74 Å². The second kappa shape index (κ2) is 8.51. The van der Waals surface area contributed by atoms with Gasteiger partial charge in [0, 0.05) is 6.07 Å². The van der Waals surface area contributed by atoms with E-state index in [2.05, 4.69) is 55.5 Å². The van der Waals surface area contributed by atoms with Crippen molar-refractivity contribution in [2.45, 2.75) is 65.7 Å². The van der Waals surface area contributed by atoms with Crippen molar-refractivity contribution in [3.63, 3.8) is 0 Å². The summed E-state index contributed by atoms with van der Waals surface area (Å²) in [5.74, 6) is 3.55. The first-order chi connectivity index (χ1) is 16.2. The molecule has 0 aliphatic heterocycles. The molecule has 3 aliphatic rings. The van der Waals surface area contributed by atoms with Gasteiger partial charge >= 0.3 is 0 Å². The van der Waals surface area contributed by atoms with E-state index in [1.54, 1.807) is 6.07 Å². The quantitative estimate of drug-likeness (QED) is 0.340. The van der Waals surface area contributed by atoms with E-state index >= 15 is 4.39 Å². The third-order valence-electron chi connectivity index (χ3n) is 8.56. The Kier molecular flexibility index (Phi) is 5.49. The predicted octanol–water partition coefficient (Wildman–Crippen LogP) is 7.90. The molecule has 0 spiro atoms. The zero-order valence-corrected chi connectivity index (χ0v) is 20.1. The van der Waals surface area contributed by atoms with Crippen LogP contribution in [0.25, 0.3) is 0 Å². The molecule has 3 saturated carbocycles. The van der Waals surface area contributed by atoms with E-state index in [4.69, 9.17) is 4.74 Å². The lowest BCUT2D eigenvalue weighted by molar-refractivity contribution is 0.0547. The second-order valence-corrected chi connectivity index (χ2v) is 12.3. The van der Waals surface area contributed by atoms with Gasteiger partial charge in [0.05, 0.1) is 10.9 Å². The van der Waals surface area contributed by atoms with Gasteiger partial charge in [-0.2, -0.15) is 0 Å². The van der Waals surface area contributed by atoms with Crippen LogP contribution in [0.4, 0.5) is 4.39 Å². The number of fused-ring (bicyclic) bond motifs is 5. The molecular weight excluding hydrogens is 427 g/mol. The van der Waals surface area contributed by atoms with E-state index in [0.717, 1.165) is 47.8 Å². The van der Waals surface area contributed by atoms with E-state index in [1.807, 2.05) is 24.3 Å². The highest BCUT2D eigenvalue weighted by Crippen LogP contribution is 2.62. The molecule has 0 N–H and O–H groups in total. The molecule has 33 heavy (non-hydrogen) atoms. The summed E-state index contributed by atoms with van der Waals surface area (Å²) in [5.41, 5.74) is -0.214. The molecule has 1 nitrogen and oxygen atoms in total. The van der Waals surface area contributed by atoms with E-state index in [1.165, 1.54) is 29.1 Å². The van der Waals surface area contributed by atoms with Gasteiger partial charge in [0.1, 0.15) is 5.60 Å². The van der Waals surface area contributed by atoms with Crippen LogP contribution in [0.15, 0.2) is 93.5 Å². The Hall–Kier alpha value is -2.26. The Morgan fingerprint density at radius 3 is 1.94 bits per heavy atom. The zero-order valence-electron chi connectivity index (χ0n) is 19.3. The smallest absolute Gasteiger partial charge is 0.170 e. The molecule has 3 heteroatoms. The second-order valence-electron chi connectivity index (χ2n) is 10.2. The minimum Gasteiger partial charge on any atom is -0.484 e. The summed E-state index contributed by atoms with van der Waals surface area (Å²) in [6.07, 6.45) is 7.37. The molecule has 3 aromatic rings. The van der Waals surface area contributed by atoms with Crippen molar-refractivity contribution in [3.05, 3.63) is 84.7 Å². The number of ether oxygens (including phenoxy) is 1. The lowest BCUT2D eigenvalue weighted by Gasteiger charge is -2.31. The van der Waals surface area contributed by atoms with Crippen molar-refractivity contribution >= 4 is 10.9 Å². The SMILES string of the molecule is CCC1(Oc2cc([S+](c3ccccc3)c3ccccc3)ccc2F)CC2C3CCC(C3)C2C1. The first-order valence-electron chi connectivity index (χ1n) is 12.5. The molecule has 0 amide bonds. The van der Waals surface area contributed by atoms with Crippen molar-refractivity contribution in [2.24, 2.45) is 23.7 Å². The maximum absolute atomic E-state index is 15.1. The Balaban J connectivity index is 1.34. The number of hydrogen-bond acceptors (Lipinski definition) is 1. The topological polar surface area (TPSA) is 9.23 Å². The molecule has 3 fully saturated rings. The highest BCUT2D eigenvalue weighted by Gasteiger charge is 2.57. The number of benzene rings is 3. The maximum Gasteiger partial charge on any atom is 0.170 e. The molecule has 2 bridgehead atoms. The standard InChI is InChI=1S/C30H32FOS/c1-2-30(19-26-21-13-14-22(17-21)27(26)20-30)32-29-18-25(15-16-28(29)31)33(23-9-5-3-6-10-23)24-11-7-4-8-12-24/h3-12,15-16,18,21-22,26-27H,2,13-14,17,19-20H2,1H3/q+1. The van der Waals surface area contributed by atoms with Crippen LogP contribution in [-0.4, -0.2) is 5.60 Å². The fraction of sp³-hybridized carbons (Fsp3) is 0.400. The number of rotatable bonds is 6. The molecule has 0 saturated heterocycles. The van der Waals surface area contributed by atoms with Crippen LogP contribution >= 0.6 is 0 Å². The molecule has 170 valence electrons. The molecular formula is C30H32FOS+. The van der Waals surface area contributed by atoms with Gasteiger partial charge in [-0.05, 0) is 98.6 Å². The summed E-state index contributed by atoms with van der Waals surface area (Å²) in [5, 5.41) is 0. The monoisotopic (exact) mass is 459 g/mol. The van der Waals surface area contributed by atoms with Crippen LogP contribution in [0, 0.1) is 29.5 Å². The maximum atomic E-state index is 15.1. The molecule has 6 rings (SSSR count). The van der Waals surface area contributed by atoms with Crippen LogP contribution in [0.3, 0.4) is 0 Å². The zero-order chi connectivity index (χ0) is 22.4. The predicted molar refractivity (Wildman–Crippen MR) is 132 cm³/mol. The first kappa shape index (κ1) is 21.3. The first-order valence-corrected chi connectivity index (χ1v) is 13.7. The van der Waals surface area contributed by atoms with Gasteiger partial charge in [0.15, 0.2) is 26.3 Å². The number of hydrogen-bond donors (Lipinski definition) is 0. The van der Waals surface area contributed by atoms with Gasteiger partial charge in [-0.15, -0.1) is 0 Å². The normalized spacial score (nSPS) is 30.0. The Labute approximate surface area is 199 Å². The van der Waals surface area contributed by atoms with Crippen LogP contribution in [0.5, 0.6) is 5.75 Å². The largest absolute Gasteiger partial charge is 0.484 e. The molecule has 4 unspecified atom stereocenters. The van der Waals surface area contributed by atoms with Gasteiger partial charge in [-0.1, -0.05) is 43.3 Å². The third kappa shape index (κ3) is 3.79. The van der Waals surface area contributed by atoms with Crippen molar-refractivity contribution in [2.75, 3.05) is 0 Å². The Bertz CT molecular complexity index is 1060. The van der Waals surface area contributed by atoms with Crippen LogP contribution < -0.4 is 4.74 Å².